The van der Waals surface area contributed by atoms with Crippen LogP contribution in [0.25, 0.3) is 0 Å². The average molecular weight is 172 g/mol. The third-order valence-corrected chi connectivity index (χ3v) is 3.10. The molecule has 0 radical (unpaired) electrons. The standard InChI is InChI=1S/C12H12O/c13-12-6-5-9-3-4-10(7-11(9)12)8-1-2-8/h3-4,7-8H,1-2,5-6H2. The van der Waals surface area contributed by atoms with Gasteiger partial charge < -0.3 is 0 Å². The smallest absolute Gasteiger partial charge is 0.163 e. The molecule has 0 heterocycles. The topological polar surface area (TPSA) is 17.1 Å². The van der Waals surface area contributed by atoms with Crippen LogP contribution in [0.1, 0.15) is 46.7 Å². The molecule has 2 aliphatic rings. The molecule has 0 aromatic heterocycles. The molecule has 0 unspecified atom stereocenters. The van der Waals surface area contributed by atoms with E-state index in [9.17, 15) is 4.79 Å². The number of fused-ring (bicyclic) bond motifs is 1. The van der Waals surface area contributed by atoms with Gasteiger partial charge in [0.15, 0.2) is 5.78 Å². The first-order chi connectivity index (χ1) is 6.34. The van der Waals surface area contributed by atoms with E-state index in [0.29, 0.717) is 5.78 Å². The van der Waals surface area contributed by atoms with Crippen LogP contribution in [0.4, 0.5) is 0 Å². The summed E-state index contributed by atoms with van der Waals surface area (Å²) in [4.78, 5) is 11.5. The Morgan fingerprint density at radius 1 is 1.15 bits per heavy atom. The summed E-state index contributed by atoms with van der Waals surface area (Å²) < 4.78 is 0. The molecule has 0 amide bonds. The second-order valence-electron chi connectivity index (χ2n) is 4.11. The minimum Gasteiger partial charge on any atom is -0.294 e. The largest absolute Gasteiger partial charge is 0.294 e. The number of carbonyl (C=O) groups is 1. The lowest BCUT2D eigenvalue weighted by atomic mass is 10.0. The van der Waals surface area contributed by atoms with Gasteiger partial charge in [0.05, 0.1) is 0 Å². The number of hydrogen-bond acceptors (Lipinski definition) is 1. The maximum Gasteiger partial charge on any atom is 0.163 e. The number of aryl methyl sites for hydroxylation is 1. The highest BCUT2D eigenvalue weighted by atomic mass is 16.1. The molecule has 1 aromatic rings. The zero-order valence-corrected chi connectivity index (χ0v) is 7.55. The first-order valence-electron chi connectivity index (χ1n) is 5.00. The fourth-order valence-corrected chi connectivity index (χ4v) is 2.13. The molecule has 0 saturated heterocycles. The van der Waals surface area contributed by atoms with E-state index >= 15 is 0 Å². The van der Waals surface area contributed by atoms with Crippen molar-refractivity contribution in [2.24, 2.45) is 0 Å². The van der Waals surface area contributed by atoms with Gasteiger partial charge in [0, 0.05) is 12.0 Å². The van der Waals surface area contributed by atoms with Crippen molar-refractivity contribution in [3.8, 4) is 0 Å². The Balaban J connectivity index is 2.09. The van der Waals surface area contributed by atoms with E-state index in [1.54, 1.807) is 0 Å². The van der Waals surface area contributed by atoms with Crippen LogP contribution in [-0.4, -0.2) is 5.78 Å². The van der Waals surface area contributed by atoms with Crippen LogP contribution >= 0.6 is 0 Å². The average Bonchev–Trinajstić information content (AvgIpc) is 2.93. The Hall–Kier alpha value is -1.11. The van der Waals surface area contributed by atoms with Gasteiger partial charge in [-0.1, -0.05) is 12.1 Å². The van der Waals surface area contributed by atoms with E-state index < -0.39 is 0 Å². The van der Waals surface area contributed by atoms with Crippen molar-refractivity contribution in [3.63, 3.8) is 0 Å². The van der Waals surface area contributed by atoms with Crippen molar-refractivity contribution in [1.82, 2.24) is 0 Å². The van der Waals surface area contributed by atoms with Crippen molar-refractivity contribution in [2.75, 3.05) is 0 Å². The zero-order valence-electron chi connectivity index (χ0n) is 7.55. The van der Waals surface area contributed by atoms with Crippen LogP contribution in [-0.2, 0) is 6.42 Å². The normalized spacial score (nSPS) is 20.5. The zero-order chi connectivity index (χ0) is 8.84. The lowest BCUT2D eigenvalue weighted by molar-refractivity contribution is 0.0994. The number of hydrogen-bond donors (Lipinski definition) is 0. The molecule has 1 aromatic carbocycles. The third kappa shape index (κ3) is 1.11. The summed E-state index contributed by atoms with van der Waals surface area (Å²) in [5, 5.41) is 0. The second kappa shape index (κ2) is 2.44. The van der Waals surface area contributed by atoms with Crippen molar-refractivity contribution in [2.45, 2.75) is 31.6 Å². The van der Waals surface area contributed by atoms with E-state index in [1.807, 2.05) is 0 Å². The van der Waals surface area contributed by atoms with Crippen LogP contribution in [0.5, 0.6) is 0 Å². The Morgan fingerprint density at radius 2 is 2.00 bits per heavy atom. The van der Waals surface area contributed by atoms with Crippen LogP contribution in [0, 0.1) is 0 Å². The molecule has 0 N–H and O–H groups in total. The van der Waals surface area contributed by atoms with Crippen molar-refractivity contribution in [3.05, 3.63) is 34.9 Å². The highest BCUT2D eigenvalue weighted by Gasteiger charge is 2.26. The van der Waals surface area contributed by atoms with E-state index in [1.165, 1.54) is 24.0 Å². The number of Topliss-reactive ketones (excluding diaryl/α,β-unsaturated/α-hetero) is 1. The van der Waals surface area contributed by atoms with Gasteiger partial charge >= 0.3 is 0 Å². The lowest BCUT2D eigenvalue weighted by Gasteiger charge is -2.01. The fraction of sp³-hybridized carbons (Fsp3) is 0.417. The van der Waals surface area contributed by atoms with Gasteiger partial charge in [0.1, 0.15) is 0 Å². The maximum atomic E-state index is 11.5. The Kier molecular flexibility index (Phi) is 1.37. The van der Waals surface area contributed by atoms with E-state index in [2.05, 4.69) is 18.2 Å². The maximum absolute atomic E-state index is 11.5. The summed E-state index contributed by atoms with van der Waals surface area (Å²) in [5.41, 5.74) is 3.65. The predicted octanol–water partition coefficient (Wildman–Crippen LogP) is 2.69. The number of benzene rings is 1. The predicted molar refractivity (Wildman–Crippen MR) is 51.1 cm³/mol. The Bertz CT molecular complexity index is 375. The van der Waals surface area contributed by atoms with E-state index in [4.69, 9.17) is 0 Å². The third-order valence-electron chi connectivity index (χ3n) is 3.10. The summed E-state index contributed by atoms with van der Waals surface area (Å²) in [6, 6.07) is 6.48. The number of ketones is 1. The van der Waals surface area contributed by atoms with Gasteiger partial charge in [-0.25, -0.2) is 0 Å². The molecule has 3 rings (SSSR count). The summed E-state index contributed by atoms with van der Waals surface area (Å²) in [7, 11) is 0. The minimum atomic E-state index is 0.345. The van der Waals surface area contributed by atoms with Crippen LogP contribution in [0.15, 0.2) is 18.2 Å². The SMILES string of the molecule is O=C1CCc2ccc(C3CC3)cc21. The van der Waals surface area contributed by atoms with Gasteiger partial charge in [-0.2, -0.15) is 0 Å². The Labute approximate surface area is 77.8 Å². The van der Waals surface area contributed by atoms with Crippen molar-refractivity contribution >= 4 is 5.78 Å². The summed E-state index contributed by atoms with van der Waals surface area (Å²) >= 11 is 0. The molecule has 13 heavy (non-hydrogen) atoms. The molecule has 2 aliphatic carbocycles. The van der Waals surface area contributed by atoms with E-state index in [0.717, 1.165) is 24.3 Å². The molecule has 0 spiro atoms. The van der Waals surface area contributed by atoms with E-state index in [-0.39, 0.29) is 0 Å². The van der Waals surface area contributed by atoms with Crippen molar-refractivity contribution < 1.29 is 4.79 Å². The molecule has 0 aliphatic heterocycles. The highest BCUT2D eigenvalue weighted by Crippen LogP contribution is 2.41. The van der Waals surface area contributed by atoms with Gasteiger partial charge in [-0.15, -0.1) is 0 Å². The summed E-state index contributed by atoms with van der Waals surface area (Å²) in [5.74, 6) is 1.11. The first kappa shape index (κ1) is 7.31. The van der Waals surface area contributed by atoms with Crippen LogP contribution in [0.2, 0.25) is 0 Å². The van der Waals surface area contributed by atoms with Crippen LogP contribution < -0.4 is 0 Å². The molecule has 1 heteroatoms. The van der Waals surface area contributed by atoms with Gasteiger partial charge in [0.25, 0.3) is 0 Å². The number of rotatable bonds is 1. The lowest BCUT2D eigenvalue weighted by Crippen LogP contribution is -1.92. The fourth-order valence-electron chi connectivity index (χ4n) is 2.13. The quantitative estimate of drug-likeness (QED) is 0.636. The second-order valence-corrected chi connectivity index (χ2v) is 4.11. The van der Waals surface area contributed by atoms with Gasteiger partial charge in [0.2, 0.25) is 0 Å². The Morgan fingerprint density at radius 3 is 2.77 bits per heavy atom. The monoisotopic (exact) mass is 172 g/mol. The molecule has 0 atom stereocenters. The van der Waals surface area contributed by atoms with Crippen molar-refractivity contribution in [1.29, 1.82) is 0 Å². The molecular weight excluding hydrogens is 160 g/mol. The van der Waals surface area contributed by atoms with Gasteiger partial charge in [-0.05, 0) is 42.4 Å². The molecule has 1 nitrogen and oxygen atoms in total. The summed E-state index contributed by atoms with van der Waals surface area (Å²) in [6.45, 7) is 0. The van der Waals surface area contributed by atoms with Crippen LogP contribution in [0.3, 0.4) is 0 Å². The molecule has 1 saturated carbocycles. The number of carbonyl (C=O) groups excluding carboxylic acids is 1. The molecular formula is C12H12O. The van der Waals surface area contributed by atoms with Gasteiger partial charge in [-0.3, -0.25) is 4.79 Å². The molecule has 1 fully saturated rings. The minimum absolute atomic E-state index is 0.345. The highest BCUT2D eigenvalue weighted by molar-refractivity contribution is 6.00. The first-order valence-corrected chi connectivity index (χ1v) is 5.00. The molecule has 66 valence electrons. The molecule has 0 bridgehead atoms. The summed E-state index contributed by atoms with van der Waals surface area (Å²) in [6.07, 6.45) is 4.31.